The summed E-state index contributed by atoms with van der Waals surface area (Å²) in [6.07, 6.45) is 5.28. The van der Waals surface area contributed by atoms with Gasteiger partial charge in [-0.3, -0.25) is 0 Å². The van der Waals surface area contributed by atoms with Crippen molar-refractivity contribution in [3.8, 4) is 11.1 Å². The number of aromatic nitrogens is 1. The highest BCUT2D eigenvalue weighted by Gasteiger charge is 2.30. The molecule has 1 aliphatic heterocycles. The number of nitrogens with zero attached hydrogens (tertiary/aromatic N) is 1. The number of unbranched alkanes of at least 4 members (excludes halogenated alkanes) is 1. The van der Waals surface area contributed by atoms with Crippen LogP contribution in [0.25, 0.3) is 21.3 Å². The predicted molar refractivity (Wildman–Crippen MR) is 133 cm³/mol. The van der Waals surface area contributed by atoms with Crippen LogP contribution in [0.15, 0.2) is 52.1 Å². The molecule has 0 saturated carbocycles. The lowest BCUT2D eigenvalue weighted by atomic mass is 10.0. The van der Waals surface area contributed by atoms with E-state index in [0.29, 0.717) is 10.9 Å². The molecule has 29 heavy (non-hydrogen) atoms. The zero-order valence-corrected chi connectivity index (χ0v) is 19.7. The second kappa shape index (κ2) is 10.5. The van der Waals surface area contributed by atoms with E-state index >= 15 is 0 Å². The summed E-state index contributed by atoms with van der Waals surface area (Å²) in [5.74, 6) is 0.767. The third-order valence-corrected chi connectivity index (χ3v) is 8.85. The Hall–Kier alpha value is -1.47. The molecule has 3 N–H and O–H groups in total. The van der Waals surface area contributed by atoms with Gasteiger partial charge in [0.15, 0.2) is 11.2 Å². The first-order chi connectivity index (χ1) is 14.2. The van der Waals surface area contributed by atoms with E-state index in [4.69, 9.17) is 10.7 Å². The van der Waals surface area contributed by atoms with Gasteiger partial charge in [0.1, 0.15) is 16.3 Å². The van der Waals surface area contributed by atoms with E-state index in [9.17, 15) is 4.55 Å². The van der Waals surface area contributed by atoms with Crippen LogP contribution in [0.2, 0.25) is 0 Å². The molecule has 3 aromatic rings. The third kappa shape index (κ3) is 4.82. The summed E-state index contributed by atoms with van der Waals surface area (Å²) in [5, 5.41) is 3.50. The average molecular weight is 446 g/mol. The van der Waals surface area contributed by atoms with Gasteiger partial charge in [0.25, 0.3) is 4.21 Å². The molecule has 2 aromatic heterocycles. The van der Waals surface area contributed by atoms with Gasteiger partial charge < -0.3 is 5.73 Å². The van der Waals surface area contributed by atoms with E-state index in [1.54, 1.807) is 11.3 Å². The van der Waals surface area contributed by atoms with Crippen molar-refractivity contribution in [2.45, 2.75) is 49.5 Å². The van der Waals surface area contributed by atoms with Crippen molar-refractivity contribution in [1.82, 2.24) is 4.98 Å². The van der Waals surface area contributed by atoms with Crippen LogP contribution >= 0.6 is 23.1 Å². The number of fused-ring (bicyclic) bond motifs is 1. The molecule has 0 fully saturated rings. The molecule has 1 aliphatic rings. The minimum atomic E-state index is -0.815. The lowest BCUT2D eigenvalue weighted by molar-refractivity contribution is 0.636. The van der Waals surface area contributed by atoms with Gasteiger partial charge in [0, 0.05) is 5.39 Å². The maximum absolute atomic E-state index is 10.7. The monoisotopic (exact) mass is 445 g/mol. The van der Waals surface area contributed by atoms with Crippen LogP contribution in [-0.2, 0) is 11.2 Å². The second-order valence-electron chi connectivity index (χ2n) is 6.60. The van der Waals surface area contributed by atoms with E-state index in [2.05, 4.69) is 48.7 Å². The summed E-state index contributed by atoms with van der Waals surface area (Å²) < 4.78 is 11.6. The molecule has 0 spiro atoms. The topological polar surface area (TPSA) is 59.1 Å². The van der Waals surface area contributed by atoms with Crippen molar-refractivity contribution >= 4 is 50.2 Å². The summed E-state index contributed by atoms with van der Waals surface area (Å²) in [7, 11) is 0. The maximum atomic E-state index is 10.7. The lowest BCUT2D eigenvalue weighted by Crippen LogP contribution is -2.06. The van der Waals surface area contributed by atoms with Crippen LogP contribution in [0.3, 0.4) is 0 Å². The number of allylic oxidation sites excluding steroid dienone is 1. The first kappa shape index (κ1) is 22.2. The van der Waals surface area contributed by atoms with E-state index in [0.717, 1.165) is 56.3 Å². The molecule has 2 unspecified atom stereocenters. The Morgan fingerprint density at radius 3 is 2.66 bits per heavy atom. The predicted octanol–water partition coefficient (Wildman–Crippen LogP) is 7.51. The van der Waals surface area contributed by atoms with Crippen LogP contribution in [0.4, 0.5) is 5.69 Å². The zero-order valence-electron chi connectivity index (χ0n) is 17.2. The molecule has 3 nitrogen and oxygen atoms in total. The van der Waals surface area contributed by atoms with E-state index in [1.165, 1.54) is 0 Å². The maximum Gasteiger partial charge on any atom is 0.269 e. The van der Waals surface area contributed by atoms with Gasteiger partial charge in [-0.1, -0.05) is 74.9 Å². The van der Waals surface area contributed by atoms with Crippen LogP contribution < -0.4 is 5.73 Å². The second-order valence-corrected chi connectivity index (χ2v) is 10.5. The molecule has 0 radical (unpaired) electrons. The number of hydrogen-bond donors (Lipinski definition) is 2. The number of benzene rings is 1. The minimum Gasteiger partial charge on any atom is -0.393 e. The first-order valence-electron chi connectivity index (χ1n) is 10.2. The molecular weight excluding hydrogens is 416 g/mol. The van der Waals surface area contributed by atoms with Crippen LogP contribution in [0.1, 0.15) is 51.0 Å². The van der Waals surface area contributed by atoms with Crippen molar-refractivity contribution in [3.05, 3.63) is 53.6 Å². The number of thioether (sulfide) groups is 1. The highest BCUT2D eigenvalue weighted by molar-refractivity contribution is 8.02. The molecular formula is C23H29N2OS3+. The molecule has 0 saturated heterocycles. The number of thiophene rings is 1. The molecule has 4 rings (SSSR count). The molecule has 3 heterocycles. The highest BCUT2D eigenvalue weighted by Crippen LogP contribution is 2.45. The van der Waals surface area contributed by atoms with Crippen LogP contribution in [0, 0.1) is 0 Å². The summed E-state index contributed by atoms with van der Waals surface area (Å²) in [5.41, 5.74) is 10.6. The molecule has 154 valence electrons. The lowest BCUT2D eigenvalue weighted by Gasteiger charge is -2.12. The quantitative estimate of drug-likeness (QED) is 0.385. The SMILES string of the molecule is CC.CCCC[S+](O)c1sc2nc(C3CC=CS3)cc(-c3ccccc3)c2c1N. The summed E-state index contributed by atoms with van der Waals surface area (Å²) >= 11 is 2.57. The van der Waals surface area contributed by atoms with E-state index < -0.39 is 11.2 Å². The van der Waals surface area contributed by atoms with E-state index in [-0.39, 0.29) is 0 Å². The first-order valence-corrected chi connectivity index (χ1v) is 13.3. The highest BCUT2D eigenvalue weighted by atomic mass is 32.2. The normalized spacial score (nSPS) is 16.6. The summed E-state index contributed by atoms with van der Waals surface area (Å²) in [6, 6.07) is 12.5. The Labute approximate surface area is 185 Å². The number of nitrogen functional groups attached to an aromatic ring is 1. The van der Waals surface area contributed by atoms with Crippen molar-refractivity contribution < 1.29 is 4.55 Å². The van der Waals surface area contributed by atoms with Gasteiger partial charge in [-0.05, 0) is 35.4 Å². The fourth-order valence-electron chi connectivity index (χ4n) is 3.25. The fraction of sp³-hybridized carbons (Fsp3) is 0.348. The Morgan fingerprint density at radius 2 is 2.00 bits per heavy atom. The zero-order chi connectivity index (χ0) is 20.8. The molecule has 1 aromatic carbocycles. The number of pyridine rings is 1. The Bertz CT molecular complexity index is 961. The Morgan fingerprint density at radius 1 is 1.24 bits per heavy atom. The molecule has 6 heteroatoms. The molecule has 0 amide bonds. The van der Waals surface area contributed by atoms with Crippen molar-refractivity contribution in [3.63, 3.8) is 0 Å². The van der Waals surface area contributed by atoms with Gasteiger partial charge in [-0.2, -0.15) is 4.55 Å². The molecule has 0 bridgehead atoms. The Kier molecular flexibility index (Phi) is 8.07. The smallest absolute Gasteiger partial charge is 0.269 e. The van der Waals surface area contributed by atoms with Gasteiger partial charge in [0.05, 0.1) is 10.9 Å². The average Bonchev–Trinajstić information content (AvgIpc) is 3.42. The molecule has 2 atom stereocenters. The standard InChI is InChI=1S/C21H23N2OS3.C2H6/c1-2-3-12-27(24)21-19(22)18-15(14-8-5-4-6-9-14)13-16(23-20(18)26-21)17-10-7-11-25-17;1-2/h4-9,11,13,17,24H,2-3,10,12,22H2,1H3;1-2H3/q+1;. The summed E-state index contributed by atoms with van der Waals surface area (Å²) in [6.45, 7) is 6.14. The minimum absolute atomic E-state index is 0.358. The number of rotatable bonds is 6. The largest absolute Gasteiger partial charge is 0.393 e. The van der Waals surface area contributed by atoms with E-state index in [1.807, 2.05) is 31.7 Å². The van der Waals surface area contributed by atoms with Gasteiger partial charge in [0.2, 0.25) is 0 Å². The van der Waals surface area contributed by atoms with Crippen molar-refractivity contribution in [2.75, 3.05) is 11.5 Å². The fourth-order valence-corrected chi connectivity index (χ4v) is 6.98. The van der Waals surface area contributed by atoms with Gasteiger partial charge in [-0.15, -0.1) is 11.8 Å². The van der Waals surface area contributed by atoms with Crippen molar-refractivity contribution in [2.24, 2.45) is 0 Å². The number of nitrogens with two attached hydrogens (primary N) is 1. The number of anilines is 1. The number of hydrogen-bond acceptors (Lipinski definition) is 5. The summed E-state index contributed by atoms with van der Waals surface area (Å²) in [4.78, 5) is 5.90. The van der Waals surface area contributed by atoms with Gasteiger partial charge >= 0.3 is 0 Å². The Balaban J connectivity index is 0.00000117. The van der Waals surface area contributed by atoms with Crippen LogP contribution in [-0.4, -0.2) is 15.3 Å². The van der Waals surface area contributed by atoms with Gasteiger partial charge in [-0.25, -0.2) is 4.98 Å². The van der Waals surface area contributed by atoms with Crippen LogP contribution in [0.5, 0.6) is 0 Å². The molecule has 0 aliphatic carbocycles. The third-order valence-electron chi connectivity index (χ3n) is 4.69. The van der Waals surface area contributed by atoms with Crippen molar-refractivity contribution in [1.29, 1.82) is 0 Å².